The van der Waals surface area contributed by atoms with E-state index < -0.39 is 0 Å². The van der Waals surface area contributed by atoms with Gasteiger partial charge in [0, 0.05) is 24.7 Å². The zero-order chi connectivity index (χ0) is 10.7. The van der Waals surface area contributed by atoms with Crippen molar-refractivity contribution in [3.05, 3.63) is 17.8 Å². The summed E-state index contributed by atoms with van der Waals surface area (Å²) in [5.41, 5.74) is 7.92. The molecule has 1 aromatic rings. The molecule has 0 amide bonds. The van der Waals surface area contributed by atoms with Crippen molar-refractivity contribution in [1.29, 1.82) is 0 Å². The molecular formula is C11H16N2OS. The molecule has 0 aliphatic carbocycles. The zero-order valence-electron chi connectivity index (χ0n) is 8.90. The van der Waals surface area contributed by atoms with Crippen LogP contribution in [-0.4, -0.2) is 23.4 Å². The summed E-state index contributed by atoms with van der Waals surface area (Å²) in [5, 5.41) is 1.58. The largest absolute Gasteiger partial charge is 0.396 e. The quantitative estimate of drug-likeness (QED) is 0.837. The monoisotopic (exact) mass is 224 g/mol. The molecule has 0 bridgehead atoms. The lowest BCUT2D eigenvalue weighted by atomic mass is 10.2. The van der Waals surface area contributed by atoms with Crippen LogP contribution in [0.15, 0.2) is 17.3 Å². The summed E-state index contributed by atoms with van der Waals surface area (Å²) in [7, 11) is 0. The van der Waals surface area contributed by atoms with Crippen LogP contribution < -0.4 is 5.73 Å². The van der Waals surface area contributed by atoms with E-state index in [1.807, 2.05) is 19.2 Å². The third kappa shape index (κ3) is 2.63. The van der Waals surface area contributed by atoms with Gasteiger partial charge in [-0.05, 0) is 31.4 Å². The number of aryl methyl sites for hydroxylation is 1. The Morgan fingerprint density at radius 1 is 1.47 bits per heavy atom. The average Bonchev–Trinajstić information content (AvgIpc) is 2.26. The molecule has 1 saturated heterocycles. The molecular weight excluding hydrogens is 208 g/mol. The highest BCUT2D eigenvalue weighted by molar-refractivity contribution is 8.00. The highest BCUT2D eigenvalue weighted by Gasteiger charge is 2.17. The van der Waals surface area contributed by atoms with Crippen molar-refractivity contribution in [3.63, 3.8) is 0 Å². The number of anilines is 1. The topological polar surface area (TPSA) is 48.1 Å². The fourth-order valence-corrected chi connectivity index (χ4v) is 2.74. The Morgan fingerprint density at radius 2 is 2.20 bits per heavy atom. The maximum absolute atomic E-state index is 5.99. The van der Waals surface area contributed by atoms with E-state index in [4.69, 9.17) is 10.5 Å². The second-order valence-electron chi connectivity index (χ2n) is 3.78. The number of nitrogen functional groups attached to an aromatic ring is 1. The standard InChI is InChI=1S/C11H16N2OS/c1-8-2-5-13-11(10(8)12)15-9-3-6-14-7-4-9/h2,5,9H,3-4,6-7,12H2,1H3. The van der Waals surface area contributed by atoms with Crippen LogP contribution in [0.3, 0.4) is 0 Å². The Bertz CT molecular complexity index is 337. The predicted molar refractivity (Wildman–Crippen MR) is 63.1 cm³/mol. The molecule has 82 valence electrons. The molecule has 3 nitrogen and oxygen atoms in total. The third-order valence-electron chi connectivity index (χ3n) is 2.62. The van der Waals surface area contributed by atoms with Gasteiger partial charge in [-0.1, -0.05) is 0 Å². The predicted octanol–water partition coefficient (Wildman–Crippen LogP) is 2.24. The number of ether oxygens (including phenoxy) is 1. The maximum Gasteiger partial charge on any atom is 0.119 e. The summed E-state index contributed by atoms with van der Waals surface area (Å²) < 4.78 is 5.33. The highest BCUT2D eigenvalue weighted by atomic mass is 32.2. The Morgan fingerprint density at radius 3 is 2.93 bits per heavy atom. The molecule has 1 aromatic heterocycles. The van der Waals surface area contributed by atoms with Gasteiger partial charge < -0.3 is 10.5 Å². The van der Waals surface area contributed by atoms with Crippen LogP contribution in [-0.2, 0) is 4.74 Å². The van der Waals surface area contributed by atoms with E-state index >= 15 is 0 Å². The number of thioether (sulfide) groups is 1. The Labute approximate surface area is 94.4 Å². The smallest absolute Gasteiger partial charge is 0.119 e. The van der Waals surface area contributed by atoms with Crippen molar-refractivity contribution >= 4 is 17.4 Å². The van der Waals surface area contributed by atoms with Gasteiger partial charge in [0.1, 0.15) is 5.03 Å². The normalized spacial score (nSPS) is 17.9. The Hall–Kier alpha value is -0.740. The molecule has 2 rings (SSSR count). The fraction of sp³-hybridized carbons (Fsp3) is 0.545. The SMILES string of the molecule is Cc1ccnc(SC2CCOCC2)c1N. The number of aromatic nitrogens is 1. The molecule has 0 unspecified atom stereocenters. The first kappa shape index (κ1) is 10.8. The van der Waals surface area contributed by atoms with Crippen molar-refractivity contribution < 1.29 is 4.74 Å². The molecule has 1 aliphatic rings. The van der Waals surface area contributed by atoms with E-state index in [9.17, 15) is 0 Å². The highest BCUT2D eigenvalue weighted by Crippen LogP contribution is 2.32. The van der Waals surface area contributed by atoms with Crippen LogP contribution in [0.4, 0.5) is 5.69 Å². The molecule has 2 heterocycles. The number of nitrogens with two attached hydrogens (primary N) is 1. The van der Waals surface area contributed by atoms with Crippen molar-refractivity contribution in [2.45, 2.75) is 30.0 Å². The lowest BCUT2D eigenvalue weighted by Crippen LogP contribution is -2.17. The van der Waals surface area contributed by atoms with E-state index in [1.54, 1.807) is 11.8 Å². The second-order valence-corrected chi connectivity index (χ2v) is 5.07. The van der Waals surface area contributed by atoms with Gasteiger partial charge in [0.15, 0.2) is 0 Å². The third-order valence-corrected chi connectivity index (χ3v) is 3.97. The lowest BCUT2D eigenvalue weighted by molar-refractivity contribution is 0.1000. The number of hydrogen-bond acceptors (Lipinski definition) is 4. The first-order valence-electron chi connectivity index (χ1n) is 5.23. The van der Waals surface area contributed by atoms with E-state index in [0.717, 1.165) is 42.3 Å². The van der Waals surface area contributed by atoms with E-state index in [1.165, 1.54) is 0 Å². The Balaban J connectivity index is 2.06. The van der Waals surface area contributed by atoms with Gasteiger partial charge in [-0.25, -0.2) is 4.98 Å². The summed E-state index contributed by atoms with van der Waals surface area (Å²) in [6.45, 7) is 3.75. The van der Waals surface area contributed by atoms with Crippen LogP contribution in [0.5, 0.6) is 0 Å². The first-order chi connectivity index (χ1) is 7.27. The molecule has 4 heteroatoms. The van der Waals surface area contributed by atoms with E-state index in [0.29, 0.717) is 5.25 Å². The summed E-state index contributed by atoms with van der Waals surface area (Å²) >= 11 is 1.79. The Kier molecular flexibility index (Phi) is 3.49. The van der Waals surface area contributed by atoms with Crippen molar-refractivity contribution in [2.24, 2.45) is 0 Å². The lowest BCUT2D eigenvalue weighted by Gasteiger charge is -2.21. The van der Waals surface area contributed by atoms with Gasteiger partial charge in [-0.15, -0.1) is 11.8 Å². The van der Waals surface area contributed by atoms with Crippen LogP contribution in [0.2, 0.25) is 0 Å². The van der Waals surface area contributed by atoms with Gasteiger partial charge in [-0.2, -0.15) is 0 Å². The number of nitrogens with zero attached hydrogens (tertiary/aromatic N) is 1. The van der Waals surface area contributed by atoms with Gasteiger partial charge >= 0.3 is 0 Å². The molecule has 0 atom stereocenters. The minimum Gasteiger partial charge on any atom is -0.396 e. The molecule has 0 saturated carbocycles. The molecule has 0 aromatic carbocycles. The maximum atomic E-state index is 5.99. The van der Waals surface area contributed by atoms with Crippen LogP contribution in [0.25, 0.3) is 0 Å². The minimum absolute atomic E-state index is 0.607. The first-order valence-corrected chi connectivity index (χ1v) is 6.11. The molecule has 2 N–H and O–H groups in total. The molecule has 0 radical (unpaired) electrons. The van der Waals surface area contributed by atoms with Gasteiger partial charge in [0.25, 0.3) is 0 Å². The van der Waals surface area contributed by atoms with Crippen LogP contribution in [0, 0.1) is 6.92 Å². The molecule has 1 aliphatic heterocycles. The summed E-state index contributed by atoms with van der Waals surface area (Å²) in [6.07, 6.45) is 4.02. The van der Waals surface area contributed by atoms with Gasteiger partial charge in [0.2, 0.25) is 0 Å². The summed E-state index contributed by atoms with van der Waals surface area (Å²) in [5.74, 6) is 0. The molecule has 15 heavy (non-hydrogen) atoms. The fourth-order valence-electron chi connectivity index (χ4n) is 1.59. The van der Waals surface area contributed by atoms with Crippen molar-refractivity contribution in [2.75, 3.05) is 18.9 Å². The minimum atomic E-state index is 0.607. The van der Waals surface area contributed by atoms with E-state index in [-0.39, 0.29) is 0 Å². The number of pyridine rings is 1. The van der Waals surface area contributed by atoms with Gasteiger partial charge in [-0.3, -0.25) is 0 Å². The second kappa shape index (κ2) is 4.86. The number of rotatable bonds is 2. The van der Waals surface area contributed by atoms with Crippen LogP contribution in [0.1, 0.15) is 18.4 Å². The zero-order valence-corrected chi connectivity index (χ0v) is 9.72. The van der Waals surface area contributed by atoms with Crippen molar-refractivity contribution in [3.8, 4) is 0 Å². The summed E-state index contributed by atoms with van der Waals surface area (Å²) in [6, 6.07) is 1.95. The van der Waals surface area contributed by atoms with Gasteiger partial charge in [0.05, 0.1) is 5.69 Å². The van der Waals surface area contributed by atoms with E-state index in [2.05, 4.69) is 4.98 Å². The molecule has 0 spiro atoms. The molecule has 1 fully saturated rings. The van der Waals surface area contributed by atoms with Crippen molar-refractivity contribution in [1.82, 2.24) is 4.98 Å². The van der Waals surface area contributed by atoms with Crippen LogP contribution >= 0.6 is 11.8 Å². The summed E-state index contributed by atoms with van der Waals surface area (Å²) in [4.78, 5) is 4.33. The number of hydrogen-bond donors (Lipinski definition) is 1. The average molecular weight is 224 g/mol.